The van der Waals surface area contributed by atoms with Crippen molar-refractivity contribution in [1.29, 1.82) is 0 Å². The molecule has 3 aromatic carbocycles. The van der Waals surface area contributed by atoms with Gasteiger partial charge in [-0.3, -0.25) is 0 Å². The molecule has 6 heteroatoms. The molecule has 4 rings (SSSR count). The minimum atomic E-state index is -0.486. The Morgan fingerprint density at radius 2 is 1.74 bits per heavy atom. The second-order valence-electron chi connectivity index (χ2n) is 6.76. The van der Waals surface area contributed by atoms with Gasteiger partial charge in [0.1, 0.15) is 6.61 Å². The molecule has 1 heterocycles. The van der Waals surface area contributed by atoms with E-state index in [0.717, 1.165) is 21.2 Å². The first kappa shape index (κ1) is 20.9. The summed E-state index contributed by atoms with van der Waals surface area (Å²) in [6.07, 6.45) is 1.68. The van der Waals surface area contributed by atoms with Crippen molar-refractivity contribution < 1.29 is 19.0 Å². The number of aliphatic imine (C=N–C) groups is 1. The Morgan fingerprint density at radius 3 is 2.48 bits per heavy atom. The molecule has 0 amide bonds. The number of carbonyl (C=O) groups is 1. The van der Waals surface area contributed by atoms with Gasteiger partial charge in [-0.2, -0.15) is 0 Å². The summed E-state index contributed by atoms with van der Waals surface area (Å²) in [5, 5.41) is 0. The number of rotatable bonds is 7. The predicted molar refractivity (Wildman–Crippen MR) is 123 cm³/mol. The molecule has 0 saturated heterocycles. The average molecular weight is 478 g/mol. The highest BCUT2D eigenvalue weighted by Gasteiger charge is 2.24. The minimum absolute atomic E-state index is 0.235. The van der Waals surface area contributed by atoms with Crippen LogP contribution in [0.1, 0.15) is 23.6 Å². The summed E-state index contributed by atoms with van der Waals surface area (Å²) in [5.41, 5.74) is 2.81. The third kappa shape index (κ3) is 5.22. The maximum Gasteiger partial charge on any atom is 0.363 e. The summed E-state index contributed by atoms with van der Waals surface area (Å²) < 4.78 is 18.0. The molecule has 31 heavy (non-hydrogen) atoms. The van der Waals surface area contributed by atoms with Crippen LogP contribution in [0.3, 0.4) is 0 Å². The number of halogens is 1. The van der Waals surface area contributed by atoms with Crippen molar-refractivity contribution >= 4 is 33.9 Å². The summed E-state index contributed by atoms with van der Waals surface area (Å²) in [5.74, 6) is 1.05. The number of hydrogen-bond acceptors (Lipinski definition) is 5. The van der Waals surface area contributed by atoms with Crippen LogP contribution in [-0.4, -0.2) is 18.5 Å². The van der Waals surface area contributed by atoms with Crippen molar-refractivity contribution in [2.75, 3.05) is 6.61 Å². The van der Waals surface area contributed by atoms with Gasteiger partial charge in [-0.25, -0.2) is 9.79 Å². The SMILES string of the molecule is CCOc1cc(/C=C2\N=C(c3ccc(Br)cc3)OC2=O)ccc1OCc1ccccc1. The Balaban J connectivity index is 1.56. The zero-order chi connectivity index (χ0) is 21.6. The van der Waals surface area contributed by atoms with E-state index in [1.54, 1.807) is 6.08 Å². The number of esters is 1. The van der Waals surface area contributed by atoms with Gasteiger partial charge in [0.15, 0.2) is 17.2 Å². The fourth-order valence-electron chi connectivity index (χ4n) is 3.02. The fourth-order valence-corrected chi connectivity index (χ4v) is 3.28. The number of carbonyl (C=O) groups excluding carboxylic acids is 1. The van der Waals surface area contributed by atoms with E-state index in [4.69, 9.17) is 14.2 Å². The van der Waals surface area contributed by atoms with Gasteiger partial charge in [-0.05, 0) is 60.5 Å². The van der Waals surface area contributed by atoms with E-state index in [-0.39, 0.29) is 11.6 Å². The maximum atomic E-state index is 12.3. The van der Waals surface area contributed by atoms with Crippen molar-refractivity contribution in [1.82, 2.24) is 0 Å². The van der Waals surface area contributed by atoms with E-state index in [0.29, 0.717) is 24.7 Å². The zero-order valence-electron chi connectivity index (χ0n) is 16.9. The van der Waals surface area contributed by atoms with Gasteiger partial charge in [-0.1, -0.05) is 52.3 Å². The Hall–Kier alpha value is -3.38. The normalized spacial score (nSPS) is 14.3. The van der Waals surface area contributed by atoms with Gasteiger partial charge in [-0.15, -0.1) is 0 Å². The molecule has 1 aliphatic heterocycles. The molecule has 0 aromatic heterocycles. The standard InChI is InChI=1S/C25H20BrNO4/c1-2-29-23-15-18(8-13-22(23)30-16-17-6-4-3-5-7-17)14-21-25(28)31-24(27-21)19-9-11-20(26)12-10-19/h3-15H,2,16H2,1H3/b21-14-. The number of ether oxygens (including phenoxy) is 3. The Labute approximate surface area is 189 Å². The second kappa shape index (κ2) is 9.62. The van der Waals surface area contributed by atoms with E-state index in [9.17, 15) is 4.79 Å². The smallest absolute Gasteiger partial charge is 0.363 e. The number of cyclic esters (lactones) is 1. The highest BCUT2D eigenvalue weighted by molar-refractivity contribution is 9.10. The third-order valence-corrected chi connectivity index (χ3v) is 5.05. The summed E-state index contributed by atoms with van der Waals surface area (Å²) in [7, 11) is 0. The molecule has 3 aromatic rings. The molecule has 5 nitrogen and oxygen atoms in total. The Bertz CT molecular complexity index is 1140. The largest absolute Gasteiger partial charge is 0.490 e. The van der Waals surface area contributed by atoms with Crippen LogP contribution in [0.15, 0.2) is 88.0 Å². The molecule has 0 saturated carbocycles. The number of hydrogen-bond donors (Lipinski definition) is 0. The molecule has 0 N–H and O–H groups in total. The van der Waals surface area contributed by atoms with E-state index >= 15 is 0 Å². The van der Waals surface area contributed by atoms with Crippen LogP contribution in [0.25, 0.3) is 6.08 Å². The first-order valence-corrected chi connectivity index (χ1v) is 10.6. The van der Waals surface area contributed by atoms with Gasteiger partial charge in [0, 0.05) is 10.0 Å². The molecule has 1 aliphatic rings. The van der Waals surface area contributed by atoms with Crippen molar-refractivity contribution in [3.63, 3.8) is 0 Å². The minimum Gasteiger partial charge on any atom is -0.490 e. The summed E-state index contributed by atoms with van der Waals surface area (Å²) in [6.45, 7) is 2.85. The van der Waals surface area contributed by atoms with E-state index in [2.05, 4.69) is 20.9 Å². The summed E-state index contributed by atoms with van der Waals surface area (Å²) in [4.78, 5) is 16.7. The highest BCUT2D eigenvalue weighted by Crippen LogP contribution is 2.31. The van der Waals surface area contributed by atoms with Gasteiger partial charge in [0.2, 0.25) is 5.90 Å². The van der Waals surface area contributed by atoms with Gasteiger partial charge in [0.25, 0.3) is 0 Å². The molecule has 0 radical (unpaired) electrons. The lowest BCUT2D eigenvalue weighted by Crippen LogP contribution is -2.05. The van der Waals surface area contributed by atoms with Gasteiger partial charge < -0.3 is 14.2 Å². The summed E-state index contributed by atoms with van der Waals surface area (Å²) >= 11 is 3.39. The molecule has 0 unspecified atom stereocenters. The Kier molecular flexibility index (Phi) is 6.48. The lowest BCUT2D eigenvalue weighted by Gasteiger charge is -2.12. The maximum absolute atomic E-state index is 12.3. The van der Waals surface area contributed by atoms with Crippen molar-refractivity contribution in [3.05, 3.63) is 99.7 Å². The third-order valence-electron chi connectivity index (χ3n) is 4.52. The van der Waals surface area contributed by atoms with Crippen LogP contribution >= 0.6 is 15.9 Å². The van der Waals surface area contributed by atoms with Crippen LogP contribution in [-0.2, 0) is 16.1 Å². The monoisotopic (exact) mass is 477 g/mol. The first-order valence-electron chi connectivity index (χ1n) is 9.84. The molecule has 0 aliphatic carbocycles. The molecule has 0 bridgehead atoms. The molecule has 0 fully saturated rings. The molecular weight excluding hydrogens is 458 g/mol. The van der Waals surface area contributed by atoms with Gasteiger partial charge in [0.05, 0.1) is 6.61 Å². The lowest BCUT2D eigenvalue weighted by molar-refractivity contribution is -0.129. The second-order valence-corrected chi connectivity index (χ2v) is 7.67. The van der Waals surface area contributed by atoms with E-state index in [1.165, 1.54) is 0 Å². The first-order chi connectivity index (χ1) is 15.1. The molecule has 0 spiro atoms. The lowest BCUT2D eigenvalue weighted by atomic mass is 10.1. The number of nitrogens with zero attached hydrogens (tertiary/aromatic N) is 1. The molecule has 0 atom stereocenters. The van der Waals surface area contributed by atoms with Crippen LogP contribution in [0, 0.1) is 0 Å². The number of benzene rings is 3. The van der Waals surface area contributed by atoms with Crippen LogP contribution in [0.4, 0.5) is 0 Å². The fraction of sp³-hybridized carbons (Fsp3) is 0.120. The predicted octanol–water partition coefficient (Wildman–Crippen LogP) is 5.77. The average Bonchev–Trinajstić information content (AvgIpc) is 3.15. The topological polar surface area (TPSA) is 57.1 Å². The van der Waals surface area contributed by atoms with Crippen molar-refractivity contribution in [3.8, 4) is 11.5 Å². The van der Waals surface area contributed by atoms with Crippen LogP contribution < -0.4 is 9.47 Å². The quantitative estimate of drug-likeness (QED) is 0.320. The highest BCUT2D eigenvalue weighted by atomic mass is 79.9. The molecular formula is C25H20BrNO4. The van der Waals surface area contributed by atoms with Crippen molar-refractivity contribution in [2.45, 2.75) is 13.5 Å². The van der Waals surface area contributed by atoms with Crippen LogP contribution in [0.2, 0.25) is 0 Å². The molecule has 156 valence electrons. The van der Waals surface area contributed by atoms with E-state index < -0.39 is 5.97 Å². The summed E-state index contributed by atoms with van der Waals surface area (Å²) in [6, 6.07) is 22.9. The van der Waals surface area contributed by atoms with E-state index in [1.807, 2.05) is 79.7 Å². The Morgan fingerprint density at radius 1 is 0.968 bits per heavy atom. The van der Waals surface area contributed by atoms with Crippen LogP contribution in [0.5, 0.6) is 11.5 Å². The van der Waals surface area contributed by atoms with Crippen molar-refractivity contribution in [2.24, 2.45) is 4.99 Å². The van der Waals surface area contributed by atoms with Gasteiger partial charge >= 0.3 is 5.97 Å². The zero-order valence-corrected chi connectivity index (χ0v) is 18.5.